The van der Waals surface area contributed by atoms with Crippen LogP contribution in [0.5, 0.6) is 5.75 Å². The van der Waals surface area contributed by atoms with Crippen LogP contribution < -0.4 is 4.74 Å². The summed E-state index contributed by atoms with van der Waals surface area (Å²) in [7, 11) is 0. The number of halogens is 6. The Balaban J connectivity index is 1.95. The Bertz CT molecular complexity index is 801. The first-order valence-corrected chi connectivity index (χ1v) is 9.60. The van der Waals surface area contributed by atoms with Crippen molar-refractivity contribution in [1.82, 2.24) is 0 Å². The normalized spacial score (nSPS) is 20.7. The molecule has 1 aliphatic rings. The van der Waals surface area contributed by atoms with E-state index in [0.29, 0.717) is 17.0 Å². The molecule has 0 spiro atoms. The number of nitrogens with zero attached hydrogens (tertiary/aromatic N) is 1. The van der Waals surface area contributed by atoms with Crippen LogP contribution in [0.4, 0.5) is 5.69 Å². The summed E-state index contributed by atoms with van der Waals surface area (Å²) in [6.45, 7) is 0. The highest BCUT2D eigenvalue weighted by molar-refractivity contribution is 6.68. The number of aliphatic imine (C=N–C) groups is 1. The third kappa shape index (κ3) is 4.90. The maximum absolute atomic E-state index is 6.06. The Morgan fingerprint density at radius 1 is 0.885 bits per heavy atom. The molecule has 0 amide bonds. The van der Waals surface area contributed by atoms with Crippen LogP contribution >= 0.6 is 69.6 Å². The van der Waals surface area contributed by atoms with E-state index >= 15 is 0 Å². The van der Waals surface area contributed by atoms with E-state index in [9.17, 15) is 0 Å². The quantitative estimate of drug-likeness (QED) is 0.349. The van der Waals surface area contributed by atoms with Crippen molar-refractivity contribution in [3.63, 3.8) is 0 Å². The number of hydrogen-bond donors (Lipinski definition) is 0. The molecule has 0 saturated heterocycles. The largest absolute Gasteiger partial charge is 0.460 e. The first kappa shape index (κ1) is 20.3. The van der Waals surface area contributed by atoms with E-state index in [1.807, 2.05) is 30.3 Å². The first-order chi connectivity index (χ1) is 12.1. The predicted molar refractivity (Wildman–Crippen MR) is 109 cm³/mol. The van der Waals surface area contributed by atoms with Gasteiger partial charge in [-0.25, -0.2) is 0 Å². The standard InChI is InChI=1S/C17H11Cl6NO2/c18-16(19,20)14-12-8-11(24-9-10-4-2-1-3-5-10)6-7-13(12)25-15(26-14)17(21,22)23/h1-9,14-15H. The van der Waals surface area contributed by atoms with Gasteiger partial charge in [0.15, 0.2) is 0 Å². The summed E-state index contributed by atoms with van der Waals surface area (Å²) < 4.78 is 7.54. The van der Waals surface area contributed by atoms with Crippen LogP contribution in [0.2, 0.25) is 0 Å². The molecule has 138 valence electrons. The topological polar surface area (TPSA) is 30.8 Å². The van der Waals surface area contributed by atoms with Crippen molar-refractivity contribution in [1.29, 1.82) is 0 Å². The molecular formula is C17H11Cl6NO2. The molecule has 2 atom stereocenters. The van der Waals surface area contributed by atoms with Gasteiger partial charge in [0, 0.05) is 11.8 Å². The molecule has 2 unspecified atom stereocenters. The molecule has 3 nitrogen and oxygen atoms in total. The molecule has 0 aromatic heterocycles. The molecule has 0 radical (unpaired) electrons. The summed E-state index contributed by atoms with van der Waals surface area (Å²) in [6.07, 6.45) is -0.496. The Morgan fingerprint density at radius 2 is 1.58 bits per heavy atom. The third-order valence-corrected chi connectivity index (χ3v) is 4.63. The van der Waals surface area contributed by atoms with E-state index in [-0.39, 0.29) is 0 Å². The van der Waals surface area contributed by atoms with Gasteiger partial charge in [-0.2, -0.15) is 0 Å². The van der Waals surface area contributed by atoms with Crippen molar-refractivity contribution in [3.8, 4) is 5.75 Å². The average molecular weight is 474 g/mol. The molecule has 0 fully saturated rings. The van der Waals surface area contributed by atoms with Gasteiger partial charge in [0.25, 0.3) is 3.79 Å². The molecule has 0 bridgehead atoms. The maximum atomic E-state index is 6.06. The van der Waals surface area contributed by atoms with Crippen molar-refractivity contribution in [2.45, 2.75) is 20.0 Å². The SMILES string of the molecule is ClC(Cl)(Cl)C1Oc2ccc(N=Cc3ccccc3)cc2C(C(Cl)(Cl)Cl)O1. The highest BCUT2D eigenvalue weighted by Gasteiger charge is 2.48. The second kappa shape index (κ2) is 7.92. The van der Waals surface area contributed by atoms with E-state index < -0.39 is 20.0 Å². The van der Waals surface area contributed by atoms with E-state index in [4.69, 9.17) is 79.1 Å². The number of rotatable bonds is 2. The lowest BCUT2D eigenvalue weighted by atomic mass is 10.1. The van der Waals surface area contributed by atoms with E-state index in [0.717, 1.165) is 5.56 Å². The maximum Gasteiger partial charge on any atom is 0.252 e. The minimum atomic E-state index is -1.85. The zero-order valence-electron chi connectivity index (χ0n) is 12.9. The molecule has 1 heterocycles. The number of ether oxygens (including phenoxy) is 2. The van der Waals surface area contributed by atoms with Gasteiger partial charge < -0.3 is 9.47 Å². The zero-order chi connectivity index (χ0) is 18.9. The van der Waals surface area contributed by atoms with Crippen molar-refractivity contribution >= 4 is 81.5 Å². The lowest BCUT2D eigenvalue weighted by molar-refractivity contribution is -0.136. The molecule has 9 heteroatoms. The summed E-state index contributed by atoms with van der Waals surface area (Å²) in [5.41, 5.74) is 2.08. The fourth-order valence-corrected chi connectivity index (χ4v) is 3.15. The van der Waals surface area contributed by atoms with Crippen molar-refractivity contribution < 1.29 is 9.47 Å². The zero-order valence-corrected chi connectivity index (χ0v) is 17.4. The van der Waals surface area contributed by atoms with Gasteiger partial charge in [0.05, 0.1) is 5.69 Å². The van der Waals surface area contributed by atoms with Crippen LogP contribution in [-0.2, 0) is 4.74 Å². The van der Waals surface area contributed by atoms with Gasteiger partial charge in [0.1, 0.15) is 11.9 Å². The van der Waals surface area contributed by atoms with Gasteiger partial charge >= 0.3 is 0 Å². The summed E-state index contributed by atoms with van der Waals surface area (Å²) in [5, 5.41) is 0. The van der Waals surface area contributed by atoms with Gasteiger partial charge in [-0.3, -0.25) is 4.99 Å². The number of alkyl halides is 6. The van der Waals surface area contributed by atoms with Crippen LogP contribution in [-0.4, -0.2) is 20.1 Å². The average Bonchev–Trinajstić information content (AvgIpc) is 2.58. The third-order valence-electron chi connectivity index (χ3n) is 3.50. The van der Waals surface area contributed by atoms with Gasteiger partial charge in [0.2, 0.25) is 10.1 Å². The van der Waals surface area contributed by atoms with Crippen molar-refractivity contribution in [3.05, 3.63) is 59.7 Å². The van der Waals surface area contributed by atoms with Crippen LogP contribution in [0, 0.1) is 0 Å². The molecule has 2 aromatic carbocycles. The van der Waals surface area contributed by atoms with Gasteiger partial charge in [-0.05, 0) is 23.8 Å². The van der Waals surface area contributed by atoms with E-state index in [1.165, 1.54) is 0 Å². The van der Waals surface area contributed by atoms with Crippen molar-refractivity contribution in [2.75, 3.05) is 0 Å². The molecule has 0 saturated carbocycles. The summed E-state index contributed by atoms with van der Waals surface area (Å²) >= 11 is 35.8. The predicted octanol–water partition coefficient (Wildman–Crippen LogP) is 6.95. The molecule has 26 heavy (non-hydrogen) atoms. The highest BCUT2D eigenvalue weighted by Crippen LogP contribution is 2.51. The molecule has 0 N–H and O–H groups in total. The molecular weight excluding hydrogens is 463 g/mol. The molecule has 2 aromatic rings. The van der Waals surface area contributed by atoms with Gasteiger partial charge in [-0.15, -0.1) is 0 Å². The van der Waals surface area contributed by atoms with Crippen LogP contribution in [0.3, 0.4) is 0 Å². The van der Waals surface area contributed by atoms with Crippen LogP contribution in [0.1, 0.15) is 17.2 Å². The minimum absolute atomic E-state index is 0.391. The van der Waals surface area contributed by atoms with Crippen LogP contribution in [0.25, 0.3) is 0 Å². The minimum Gasteiger partial charge on any atom is -0.460 e. The lowest BCUT2D eigenvalue weighted by Gasteiger charge is -2.38. The molecule has 1 aliphatic heterocycles. The lowest BCUT2D eigenvalue weighted by Crippen LogP contribution is -2.42. The van der Waals surface area contributed by atoms with Gasteiger partial charge in [-0.1, -0.05) is 99.9 Å². The second-order valence-electron chi connectivity index (χ2n) is 5.44. The van der Waals surface area contributed by atoms with E-state index in [1.54, 1.807) is 24.4 Å². The Morgan fingerprint density at radius 3 is 2.19 bits per heavy atom. The smallest absolute Gasteiger partial charge is 0.252 e. The number of fused-ring (bicyclic) bond motifs is 1. The second-order valence-corrected chi connectivity index (χ2v) is 10.2. The summed E-state index contributed by atoms with van der Waals surface area (Å²) in [6, 6.07) is 14.8. The Hall–Kier alpha value is -0.390. The fourth-order valence-electron chi connectivity index (χ4n) is 2.35. The van der Waals surface area contributed by atoms with E-state index in [2.05, 4.69) is 4.99 Å². The molecule has 0 aliphatic carbocycles. The number of hydrogen-bond acceptors (Lipinski definition) is 3. The summed E-state index contributed by atoms with van der Waals surface area (Å²) in [5.74, 6) is 0.391. The Kier molecular flexibility index (Phi) is 6.20. The first-order valence-electron chi connectivity index (χ1n) is 7.33. The van der Waals surface area contributed by atoms with Crippen LogP contribution in [0.15, 0.2) is 53.5 Å². The number of benzene rings is 2. The highest BCUT2D eigenvalue weighted by atomic mass is 35.6. The fraction of sp³-hybridized carbons (Fsp3) is 0.235. The monoisotopic (exact) mass is 471 g/mol. The summed E-state index contributed by atoms with van der Waals surface area (Å²) in [4.78, 5) is 4.43. The Labute approximate surface area is 180 Å². The van der Waals surface area contributed by atoms with Crippen molar-refractivity contribution in [2.24, 2.45) is 4.99 Å². The molecule has 3 rings (SSSR count).